The molecule has 4 N–H and O–H groups in total. The predicted molar refractivity (Wildman–Crippen MR) is 287 cm³/mol. The normalized spacial score (nSPS) is 12.1. The number of hydrogen-bond donors (Lipinski definition) is 4. The maximum absolute atomic E-state index is 12.0. The Kier molecular flexibility index (Phi) is 22.1. The topological polar surface area (TPSA) is 185 Å². The van der Waals surface area contributed by atoms with E-state index in [1.807, 2.05) is 12.1 Å². The number of aromatic nitrogens is 6. The maximum Gasteiger partial charge on any atom is 0.412 e. The summed E-state index contributed by atoms with van der Waals surface area (Å²) in [6.07, 6.45) is 6.24. The SMILES string of the molecule is CCOC(=O)Nc1cc(NC(C)CCCN(CC)CC)c2nc(-c3ccc(Cl)c(Cl)c3)cnc2n1.CCOC(=O)Nc1cc(NC(C)CCCN(CC)CC)c2ncc(-c3ccc(Cl)c(Cl)c3)nc2n1. The second kappa shape index (κ2) is 27.9. The van der Waals surface area contributed by atoms with E-state index in [1.165, 1.54) is 0 Å². The molecule has 20 heteroatoms. The molecule has 2 unspecified atom stereocenters. The van der Waals surface area contributed by atoms with Crippen molar-refractivity contribution in [1.82, 2.24) is 39.7 Å². The van der Waals surface area contributed by atoms with Crippen LogP contribution in [0, 0.1) is 0 Å². The number of rotatable bonds is 22. The van der Waals surface area contributed by atoms with Gasteiger partial charge in [-0.1, -0.05) is 86.2 Å². The third-order valence-corrected chi connectivity index (χ3v) is 12.8. The van der Waals surface area contributed by atoms with Gasteiger partial charge in [0.05, 0.1) is 68.5 Å². The molecular weight excluding hydrogens is 974 g/mol. The number of carbonyl (C=O) groups is 2. The molecule has 0 spiro atoms. The molecule has 0 aliphatic carbocycles. The molecule has 0 saturated carbocycles. The minimum absolute atomic E-state index is 0.169. The molecular formula is C50H64Cl4N12O4. The van der Waals surface area contributed by atoms with Gasteiger partial charge in [-0.3, -0.25) is 10.6 Å². The smallest absolute Gasteiger partial charge is 0.412 e. The summed E-state index contributed by atoms with van der Waals surface area (Å²) >= 11 is 24.5. The maximum atomic E-state index is 12.0. The van der Waals surface area contributed by atoms with Crippen LogP contribution in [0.3, 0.4) is 0 Å². The van der Waals surface area contributed by atoms with Gasteiger partial charge < -0.3 is 29.9 Å². The van der Waals surface area contributed by atoms with Crippen LogP contribution in [-0.2, 0) is 9.47 Å². The number of anilines is 4. The van der Waals surface area contributed by atoms with Crippen molar-refractivity contribution in [2.24, 2.45) is 0 Å². The van der Waals surface area contributed by atoms with Gasteiger partial charge in [0.1, 0.15) is 22.7 Å². The molecule has 0 aliphatic heterocycles. The minimum atomic E-state index is -0.578. The molecule has 6 aromatic rings. The van der Waals surface area contributed by atoms with Crippen LogP contribution in [-0.4, -0.2) is 116 Å². The van der Waals surface area contributed by atoms with Gasteiger partial charge >= 0.3 is 12.2 Å². The number of nitrogens with zero attached hydrogens (tertiary/aromatic N) is 8. The highest BCUT2D eigenvalue weighted by atomic mass is 35.5. The van der Waals surface area contributed by atoms with Crippen molar-refractivity contribution < 1.29 is 19.1 Å². The minimum Gasteiger partial charge on any atom is -0.450 e. The molecule has 0 bridgehead atoms. The average molecular weight is 1040 g/mol. The highest BCUT2D eigenvalue weighted by molar-refractivity contribution is 6.42. The third-order valence-electron chi connectivity index (χ3n) is 11.3. The molecule has 6 rings (SSSR count). The Bertz CT molecular complexity index is 2670. The van der Waals surface area contributed by atoms with Gasteiger partial charge in [-0.2, -0.15) is 0 Å². The van der Waals surface area contributed by atoms with E-state index in [0.29, 0.717) is 65.4 Å². The highest BCUT2D eigenvalue weighted by Gasteiger charge is 2.18. The summed E-state index contributed by atoms with van der Waals surface area (Å²) in [5, 5.41) is 14.2. The Hall–Kier alpha value is -5.36. The molecule has 70 heavy (non-hydrogen) atoms. The fourth-order valence-electron chi connectivity index (χ4n) is 7.47. The Morgan fingerprint density at radius 3 is 1.46 bits per heavy atom. The largest absolute Gasteiger partial charge is 0.450 e. The second-order valence-corrected chi connectivity index (χ2v) is 18.0. The number of benzene rings is 2. The van der Waals surface area contributed by atoms with E-state index in [4.69, 9.17) is 65.8 Å². The van der Waals surface area contributed by atoms with Gasteiger partial charge in [-0.15, -0.1) is 0 Å². The highest BCUT2D eigenvalue weighted by Crippen LogP contribution is 2.32. The first-order chi connectivity index (χ1) is 33.7. The van der Waals surface area contributed by atoms with Gasteiger partial charge in [0.2, 0.25) is 0 Å². The van der Waals surface area contributed by atoms with Crippen molar-refractivity contribution in [3.8, 4) is 22.5 Å². The van der Waals surface area contributed by atoms with E-state index in [0.717, 1.165) is 87.5 Å². The monoisotopic (exact) mass is 1040 g/mol. The average Bonchev–Trinajstić information content (AvgIpc) is 3.33. The first-order valence-corrected chi connectivity index (χ1v) is 25.3. The fraction of sp³-hybridized carbons (Fsp3) is 0.440. The van der Waals surface area contributed by atoms with Crippen LogP contribution in [0.2, 0.25) is 20.1 Å². The van der Waals surface area contributed by atoms with E-state index >= 15 is 0 Å². The first-order valence-electron chi connectivity index (χ1n) is 23.8. The molecule has 0 fully saturated rings. The second-order valence-electron chi connectivity index (χ2n) is 16.3. The molecule has 4 aromatic heterocycles. The van der Waals surface area contributed by atoms with Crippen LogP contribution in [0.15, 0.2) is 60.9 Å². The predicted octanol–water partition coefficient (Wildman–Crippen LogP) is 13.0. The van der Waals surface area contributed by atoms with Crippen LogP contribution in [0.25, 0.3) is 44.8 Å². The number of amides is 2. The number of carbonyl (C=O) groups excluding carboxylic acids is 2. The lowest BCUT2D eigenvalue weighted by molar-refractivity contribution is 0.167. The molecule has 2 atom stereocenters. The molecule has 0 aliphatic rings. The molecule has 376 valence electrons. The quantitative estimate of drug-likeness (QED) is 0.0503. The zero-order chi connectivity index (χ0) is 50.7. The van der Waals surface area contributed by atoms with Gasteiger partial charge in [-0.25, -0.2) is 39.5 Å². The molecule has 16 nitrogen and oxygen atoms in total. The molecule has 0 saturated heterocycles. The van der Waals surface area contributed by atoms with Gasteiger partial charge in [0.25, 0.3) is 0 Å². The lowest BCUT2D eigenvalue weighted by Crippen LogP contribution is -2.25. The molecule has 2 aromatic carbocycles. The van der Waals surface area contributed by atoms with Gasteiger partial charge in [-0.05, 0) is 117 Å². The number of nitrogens with one attached hydrogen (secondary N) is 4. The van der Waals surface area contributed by atoms with Crippen molar-refractivity contribution in [3.63, 3.8) is 0 Å². The molecule has 0 radical (unpaired) electrons. The van der Waals surface area contributed by atoms with Gasteiger partial charge in [0.15, 0.2) is 11.3 Å². The lowest BCUT2D eigenvalue weighted by Gasteiger charge is -2.21. The summed E-state index contributed by atoms with van der Waals surface area (Å²) in [4.78, 5) is 56.5. The summed E-state index contributed by atoms with van der Waals surface area (Å²) in [5.41, 5.74) is 6.26. The van der Waals surface area contributed by atoms with E-state index < -0.39 is 12.2 Å². The van der Waals surface area contributed by atoms with Crippen molar-refractivity contribution in [1.29, 1.82) is 0 Å². The Morgan fingerprint density at radius 2 is 1.00 bits per heavy atom. The van der Waals surface area contributed by atoms with Gasteiger partial charge in [0, 0.05) is 35.3 Å². The standard InChI is InChI=1S/2C25H32Cl2N6O2/c1-5-33(6-2)12-8-9-16(4)29-20-14-22(32-25(34)35-7-3)31-24-23(20)30-21(15-28-24)17-10-11-18(26)19(27)13-17;1-5-33(6-2)12-8-9-16(4)29-20-14-22(32-25(34)35-7-3)31-24-23(20)28-15-21(30-24)17-10-11-18(26)19(27)13-17/h10-11,13-16H,5-9,12H2,1-4H3,(H2,28,29,31,32,34);10-11,13-16H,5-9,12H2,1-4H3,(H2,29,30,31,32,34). The van der Waals surface area contributed by atoms with E-state index in [-0.39, 0.29) is 25.3 Å². The number of hydrogen-bond acceptors (Lipinski definition) is 14. The fourth-order valence-corrected chi connectivity index (χ4v) is 8.07. The van der Waals surface area contributed by atoms with Crippen LogP contribution < -0.4 is 21.3 Å². The number of ether oxygens (including phenoxy) is 2. The lowest BCUT2D eigenvalue weighted by atomic mass is 10.1. The number of fused-ring (bicyclic) bond motifs is 2. The summed E-state index contributed by atoms with van der Waals surface area (Å²) in [6.45, 7) is 23.3. The Labute approximate surface area is 431 Å². The summed E-state index contributed by atoms with van der Waals surface area (Å²) in [5.74, 6) is 0.666. The zero-order valence-electron chi connectivity index (χ0n) is 41.1. The Morgan fingerprint density at radius 1 is 0.557 bits per heavy atom. The van der Waals surface area contributed by atoms with Crippen LogP contribution in [0.1, 0.15) is 81.1 Å². The number of pyridine rings is 2. The molecule has 4 heterocycles. The zero-order valence-corrected chi connectivity index (χ0v) is 44.2. The van der Waals surface area contributed by atoms with Crippen molar-refractivity contribution in [3.05, 3.63) is 81.0 Å². The van der Waals surface area contributed by atoms with Crippen LogP contribution >= 0.6 is 46.4 Å². The Balaban J connectivity index is 0.000000261. The third kappa shape index (κ3) is 16.4. The molecule has 2 amide bonds. The van der Waals surface area contributed by atoms with Crippen molar-refractivity contribution in [2.45, 2.75) is 93.2 Å². The van der Waals surface area contributed by atoms with Crippen LogP contribution in [0.5, 0.6) is 0 Å². The van der Waals surface area contributed by atoms with Crippen LogP contribution in [0.4, 0.5) is 32.6 Å². The summed E-state index contributed by atoms with van der Waals surface area (Å²) in [7, 11) is 0. The van der Waals surface area contributed by atoms with Crippen molar-refractivity contribution in [2.75, 3.05) is 73.7 Å². The summed E-state index contributed by atoms with van der Waals surface area (Å²) < 4.78 is 10.0. The van der Waals surface area contributed by atoms with Crippen molar-refractivity contribution >= 4 is 104 Å². The summed E-state index contributed by atoms with van der Waals surface area (Å²) in [6, 6.07) is 14.5. The van der Waals surface area contributed by atoms with E-state index in [9.17, 15) is 9.59 Å². The van der Waals surface area contributed by atoms with E-state index in [2.05, 4.69) is 92.5 Å². The van der Waals surface area contributed by atoms with E-state index in [1.54, 1.807) is 62.6 Å². The first kappa shape index (κ1) is 55.6. The number of halogens is 4.